The molecule has 0 spiro atoms. The predicted molar refractivity (Wildman–Crippen MR) is 123 cm³/mol. The second-order valence-electron chi connectivity index (χ2n) is 6.98. The average Bonchev–Trinajstić information content (AvgIpc) is 2.73. The van der Waals surface area contributed by atoms with Crippen molar-refractivity contribution in [2.75, 3.05) is 18.0 Å². The minimum atomic E-state index is -0.560. The van der Waals surface area contributed by atoms with Crippen molar-refractivity contribution in [2.24, 2.45) is 5.73 Å². The van der Waals surface area contributed by atoms with Gasteiger partial charge in [-0.05, 0) is 51.0 Å². The number of nitrogens with one attached hydrogen (secondary N) is 1. The fourth-order valence-corrected chi connectivity index (χ4v) is 3.53. The maximum Gasteiger partial charge on any atom is 0.335 e. The summed E-state index contributed by atoms with van der Waals surface area (Å²) in [7, 11) is 0. The van der Waals surface area contributed by atoms with Gasteiger partial charge in [0.2, 0.25) is 0 Å². The third-order valence-corrected chi connectivity index (χ3v) is 5.10. The Balaban J connectivity index is 2.74. The minimum absolute atomic E-state index is 0.0897. The molecule has 0 atom stereocenters. The molecule has 4 N–H and O–H groups in total. The van der Waals surface area contributed by atoms with Crippen LogP contribution in [0.25, 0.3) is 11.1 Å². The van der Waals surface area contributed by atoms with Gasteiger partial charge in [-0.3, -0.25) is 5.41 Å². The molecule has 0 aromatic heterocycles. The number of hydrogen-bond donors (Lipinski definition) is 3. The summed E-state index contributed by atoms with van der Waals surface area (Å²) in [4.78, 5) is 14.0. The van der Waals surface area contributed by atoms with E-state index in [0.717, 1.165) is 43.3 Å². The van der Waals surface area contributed by atoms with E-state index < -0.39 is 5.97 Å². The fraction of sp³-hybridized carbons (Fsp3) is 0.333. The number of amidine groups is 1. The van der Waals surface area contributed by atoms with Gasteiger partial charge in [-0.1, -0.05) is 19.9 Å². The Hall–Kier alpha value is -3.28. The largest absolute Gasteiger partial charge is 0.507 e. The number of nitrogen functional groups attached to an aromatic ring is 1. The van der Waals surface area contributed by atoms with Gasteiger partial charge in [-0.25, -0.2) is 4.79 Å². The van der Waals surface area contributed by atoms with Gasteiger partial charge in [-0.2, -0.15) is 0 Å². The van der Waals surface area contributed by atoms with Crippen LogP contribution in [0.5, 0.6) is 11.5 Å². The molecule has 0 amide bonds. The molecule has 160 valence electrons. The number of benzene rings is 2. The molecule has 2 rings (SSSR count). The van der Waals surface area contributed by atoms with Gasteiger partial charge in [0.05, 0.1) is 0 Å². The summed E-state index contributed by atoms with van der Waals surface area (Å²) in [5.74, 6) is -0.195. The molecule has 0 unspecified atom stereocenters. The van der Waals surface area contributed by atoms with E-state index in [1.807, 2.05) is 12.1 Å². The van der Waals surface area contributed by atoms with E-state index in [0.29, 0.717) is 28.9 Å². The number of hydrogen-bond acceptors (Lipinski definition) is 5. The van der Waals surface area contributed by atoms with E-state index >= 15 is 0 Å². The van der Waals surface area contributed by atoms with Crippen molar-refractivity contribution in [2.45, 2.75) is 40.0 Å². The maximum absolute atomic E-state index is 11.9. The van der Waals surface area contributed by atoms with Crippen molar-refractivity contribution < 1.29 is 14.6 Å². The molecular weight excluding hydrogens is 378 g/mol. The average molecular weight is 410 g/mol. The zero-order valence-corrected chi connectivity index (χ0v) is 18.0. The summed E-state index contributed by atoms with van der Waals surface area (Å²) in [5, 5.41) is 18.9. The SMILES string of the molecule is C=CC(=O)Oc1ccc(C(=N)N)c(-c2ccc(N(CC)CC)cc2O)c1CCCC. The lowest BCUT2D eigenvalue weighted by Gasteiger charge is -2.23. The zero-order valence-electron chi connectivity index (χ0n) is 18.0. The Morgan fingerprint density at radius 2 is 1.93 bits per heavy atom. The van der Waals surface area contributed by atoms with E-state index in [-0.39, 0.29) is 11.6 Å². The first-order chi connectivity index (χ1) is 14.4. The van der Waals surface area contributed by atoms with Gasteiger partial charge >= 0.3 is 5.97 Å². The standard InChI is InChI=1S/C24H31N3O3/c1-5-9-10-18-21(30-22(29)6-2)14-13-19(24(25)26)23(18)17-12-11-16(15-20(17)28)27(7-3)8-4/h6,11-15,28H,2,5,7-10H2,1,3-4H3,(H3,25,26). The number of phenols is 1. The fourth-order valence-electron chi connectivity index (χ4n) is 3.53. The van der Waals surface area contributed by atoms with Crippen LogP contribution in [0.2, 0.25) is 0 Å². The number of rotatable bonds is 10. The number of anilines is 1. The van der Waals surface area contributed by atoms with Crippen molar-refractivity contribution in [1.29, 1.82) is 5.41 Å². The second kappa shape index (κ2) is 10.5. The number of carbonyl (C=O) groups is 1. The van der Waals surface area contributed by atoms with E-state index in [4.69, 9.17) is 15.9 Å². The van der Waals surface area contributed by atoms with Crippen molar-refractivity contribution in [1.82, 2.24) is 0 Å². The van der Waals surface area contributed by atoms with Gasteiger partial charge in [0.25, 0.3) is 0 Å². The first kappa shape index (κ1) is 23.0. The lowest BCUT2D eigenvalue weighted by Crippen LogP contribution is -2.21. The van der Waals surface area contributed by atoms with Crippen LogP contribution in [0.1, 0.15) is 44.7 Å². The molecule has 6 nitrogen and oxygen atoms in total. The molecule has 0 radical (unpaired) electrons. The van der Waals surface area contributed by atoms with Crippen LogP contribution in [0, 0.1) is 5.41 Å². The van der Waals surface area contributed by atoms with Crippen molar-refractivity contribution >= 4 is 17.5 Å². The molecule has 2 aromatic carbocycles. The monoisotopic (exact) mass is 409 g/mol. The summed E-state index contributed by atoms with van der Waals surface area (Å²) in [6, 6.07) is 8.79. The minimum Gasteiger partial charge on any atom is -0.507 e. The number of nitrogens with two attached hydrogens (primary N) is 1. The molecule has 30 heavy (non-hydrogen) atoms. The molecule has 0 aliphatic carbocycles. The number of carbonyl (C=O) groups excluding carboxylic acids is 1. The van der Waals surface area contributed by atoms with Crippen molar-refractivity contribution in [3.63, 3.8) is 0 Å². The summed E-state index contributed by atoms with van der Waals surface area (Å²) in [6.45, 7) is 11.3. The zero-order chi connectivity index (χ0) is 22.3. The lowest BCUT2D eigenvalue weighted by atomic mass is 9.89. The van der Waals surface area contributed by atoms with E-state index in [1.165, 1.54) is 0 Å². The molecule has 0 aliphatic heterocycles. The van der Waals surface area contributed by atoms with Gasteiger partial charge < -0.3 is 20.5 Å². The number of nitrogens with zero attached hydrogens (tertiary/aromatic N) is 1. The molecule has 0 saturated carbocycles. The van der Waals surface area contributed by atoms with Crippen LogP contribution in [-0.2, 0) is 11.2 Å². The molecule has 0 bridgehead atoms. The second-order valence-corrected chi connectivity index (χ2v) is 6.98. The van der Waals surface area contributed by atoms with Crippen LogP contribution in [-0.4, -0.2) is 30.0 Å². The summed E-state index contributed by atoms with van der Waals surface area (Å²) < 4.78 is 5.47. The number of esters is 1. The Bertz CT molecular complexity index is 934. The van der Waals surface area contributed by atoms with Crippen LogP contribution in [0.15, 0.2) is 43.0 Å². The molecule has 0 aliphatic rings. The van der Waals surface area contributed by atoms with E-state index in [9.17, 15) is 9.90 Å². The number of unbranched alkanes of at least 4 members (excludes halogenated alkanes) is 1. The Labute approximate surface area is 178 Å². The predicted octanol–water partition coefficient (Wildman–Crippen LogP) is 4.62. The highest BCUT2D eigenvalue weighted by Gasteiger charge is 2.21. The van der Waals surface area contributed by atoms with Gasteiger partial charge in [0.1, 0.15) is 17.3 Å². The smallest absolute Gasteiger partial charge is 0.335 e. The summed E-state index contributed by atoms with van der Waals surface area (Å²) in [5.41, 5.74) is 9.19. The normalized spacial score (nSPS) is 10.5. The highest BCUT2D eigenvalue weighted by atomic mass is 16.5. The van der Waals surface area contributed by atoms with Gasteiger partial charge in [-0.15, -0.1) is 0 Å². The van der Waals surface area contributed by atoms with Gasteiger partial charge in [0, 0.05) is 53.2 Å². The lowest BCUT2D eigenvalue weighted by molar-refractivity contribution is -0.129. The summed E-state index contributed by atoms with van der Waals surface area (Å²) >= 11 is 0. The number of phenolic OH excluding ortho intramolecular Hbond substituents is 1. The van der Waals surface area contributed by atoms with Crippen LogP contribution in [0.4, 0.5) is 5.69 Å². The summed E-state index contributed by atoms with van der Waals surface area (Å²) in [6.07, 6.45) is 3.51. The first-order valence-electron chi connectivity index (χ1n) is 10.3. The molecular formula is C24H31N3O3. The van der Waals surface area contributed by atoms with Crippen LogP contribution in [0.3, 0.4) is 0 Å². The molecule has 0 heterocycles. The van der Waals surface area contributed by atoms with E-state index in [1.54, 1.807) is 18.2 Å². The Kier molecular flexibility index (Phi) is 8.04. The number of ether oxygens (including phenoxy) is 1. The van der Waals surface area contributed by atoms with Crippen molar-refractivity contribution in [3.05, 3.63) is 54.1 Å². The Morgan fingerprint density at radius 1 is 1.23 bits per heavy atom. The first-order valence-corrected chi connectivity index (χ1v) is 10.3. The highest BCUT2D eigenvalue weighted by molar-refractivity contribution is 6.03. The highest BCUT2D eigenvalue weighted by Crippen LogP contribution is 2.41. The molecule has 0 fully saturated rings. The Morgan fingerprint density at radius 3 is 2.47 bits per heavy atom. The van der Waals surface area contributed by atoms with Gasteiger partial charge in [0.15, 0.2) is 0 Å². The molecule has 6 heteroatoms. The third-order valence-electron chi connectivity index (χ3n) is 5.10. The van der Waals surface area contributed by atoms with E-state index in [2.05, 4.69) is 32.3 Å². The van der Waals surface area contributed by atoms with Crippen molar-refractivity contribution in [3.8, 4) is 22.6 Å². The molecule has 2 aromatic rings. The van der Waals surface area contributed by atoms with Crippen LogP contribution < -0.4 is 15.4 Å². The molecule has 0 saturated heterocycles. The topological polar surface area (TPSA) is 99.6 Å². The quantitative estimate of drug-likeness (QED) is 0.175. The van der Waals surface area contributed by atoms with Crippen LogP contribution >= 0.6 is 0 Å². The third kappa shape index (κ3) is 5.00. The maximum atomic E-state index is 11.9. The number of aromatic hydroxyl groups is 1.